The van der Waals surface area contributed by atoms with Crippen molar-refractivity contribution in [2.45, 2.75) is 12.5 Å². The number of nitro groups is 1. The highest BCUT2D eigenvalue weighted by atomic mass is 79.9. The van der Waals surface area contributed by atoms with Gasteiger partial charge in [0.25, 0.3) is 5.69 Å². The molecule has 15 heavy (non-hydrogen) atoms. The molecule has 0 aliphatic heterocycles. The zero-order valence-electron chi connectivity index (χ0n) is 8.02. The van der Waals surface area contributed by atoms with E-state index in [1.807, 2.05) is 0 Å². The molecular formula is C9H12BrN3O2. The minimum absolute atomic E-state index is 0.0278. The van der Waals surface area contributed by atoms with Crippen molar-refractivity contribution in [3.63, 3.8) is 0 Å². The topological polar surface area (TPSA) is 95.2 Å². The van der Waals surface area contributed by atoms with Gasteiger partial charge in [0.15, 0.2) is 0 Å². The normalized spacial score (nSPS) is 12.5. The van der Waals surface area contributed by atoms with Crippen molar-refractivity contribution < 1.29 is 4.92 Å². The number of rotatable bonds is 4. The zero-order valence-corrected chi connectivity index (χ0v) is 9.61. The summed E-state index contributed by atoms with van der Waals surface area (Å²) in [5, 5.41) is 10.7. The second kappa shape index (κ2) is 5.20. The van der Waals surface area contributed by atoms with Gasteiger partial charge in [0, 0.05) is 12.1 Å². The maximum atomic E-state index is 10.7. The Hall–Kier alpha value is -0.980. The van der Waals surface area contributed by atoms with Crippen LogP contribution < -0.4 is 11.5 Å². The maximum Gasteiger partial charge on any atom is 0.283 e. The monoisotopic (exact) mass is 273 g/mol. The zero-order chi connectivity index (χ0) is 11.4. The molecule has 0 unspecified atom stereocenters. The lowest BCUT2D eigenvalue weighted by atomic mass is 10.0. The molecule has 1 aromatic rings. The van der Waals surface area contributed by atoms with E-state index in [0.29, 0.717) is 17.4 Å². The summed E-state index contributed by atoms with van der Waals surface area (Å²) in [5.41, 5.74) is 11.9. The van der Waals surface area contributed by atoms with Gasteiger partial charge in [-0.2, -0.15) is 0 Å². The molecule has 0 amide bonds. The summed E-state index contributed by atoms with van der Waals surface area (Å²) in [6.07, 6.45) is 0.610. The van der Waals surface area contributed by atoms with Crippen LogP contribution in [0.3, 0.4) is 0 Å². The molecule has 1 aromatic carbocycles. The largest absolute Gasteiger partial charge is 0.330 e. The fraction of sp³-hybridized carbons (Fsp3) is 0.333. The van der Waals surface area contributed by atoms with Crippen LogP contribution in [0, 0.1) is 10.1 Å². The van der Waals surface area contributed by atoms with Gasteiger partial charge >= 0.3 is 0 Å². The molecule has 0 heterocycles. The number of hydrogen-bond donors (Lipinski definition) is 2. The minimum atomic E-state index is -0.442. The Morgan fingerprint density at radius 1 is 1.53 bits per heavy atom. The van der Waals surface area contributed by atoms with Crippen molar-refractivity contribution in [3.05, 3.63) is 38.3 Å². The van der Waals surface area contributed by atoms with Crippen molar-refractivity contribution in [1.29, 1.82) is 0 Å². The average Bonchev–Trinajstić information content (AvgIpc) is 2.18. The highest BCUT2D eigenvalue weighted by Gasteiger charge is 2.14. The number of nitro benzene ring substituents is 1. The summed E-state index contributed by atoms with van der Waals surface area (Å²) in [6.45, 7) is 0.463. The summed E-state index contributed by atoms with van der Waals surface area (Å²) in [4.78, 5) is 10.2. The van der Waals surface area contributed by atoms with Gasteiger partial charge in [0.2, 0.25) is 0 Å². The van der Waals surface area contributed by atoms with Gasteiger partial charge in [-0.1, -0.05) is 6.07 Å². The molecule has 0 radical (unpaired) electrons. The Balaban J connectivity index is 3.02. The Morgan fingerprint density at radius 2 is 2.20 bits per heavy atom. The van der Waals surface area contributed by atoms with Gasteiger partial charge in [-0.05, 0) is 40.5 Å². The lowest BCUT2D eigenvalue weighted by Crippen LogP contribution is -2.15. The highest BCUT2D eigenvalue weighted by molar-refractivity contribution is 9.10. The summed E-state index contributed by atoms with van der Waals surface area (Å²) in [7, 11) is 0. The van der Waals surface area contributed by atoms with Gasteiger partial charge < -0.3 is 11.5 Å². The first-order valence-electron chi connectivity index (χ1n) is 4.45. The van der Waals surface area contributed by atoms with E-state index in [-0.39, 0.29) is 11.7 Å². The molecule has 0 saturated carbocycles. The van der Waals surface area contributed by atoms with Crippen LogP contribution in [-0.4, -0.2) is 11.5 Å². The molecule has 1 rings (SSSR count). The molecule has 0 bridgehead atoms. The minimum Gasteiger partial charge on any atom is -0.330 e. The van der Waals surface area contributed by atoms with Crippen molar-refractivity contribution in [2.75, 3.05) is 6.54 Å². The van der Waals surface area contributed by atoms with Gasteiger partial charge in [-0.15, -0.1) is 0 Å². The van der Waals surface area contributed by atoms with Crippen LogP contribution >= 0.6 is 15.9 Å². The van der Waals surface area contributed by atoms with Gasteiger partial charge in [0.05, 0.1) is 9.40 Å². The highest BCUT2D eigenvalue weighted by Crippen LogP contribution is 2.28. The predicted molar refractivity (Wildman–Crippen MR) is 61.4 cm³/mol. The predicted octanol–water partition coefficient (Wildman–Crippen LogP) is 1.71. The fourth-order valence-electron chi connectivity index (χ4n) is 1.25. The molecule has 0 aliphatic rings. The number of nitrogens with zero attached hydrogens (tertiary/aromatic N) is 1. The lowest BCUT2D eigenvalue weighted by molar-refractivity contribution is -0.385. The first kappa shape index (κ1) is 12.1. The molecule has 0 aromatic heterocycles. The SMILES string of the molecule is NCC[C@@H](N)c1ccc(Br)c([N+](=O)[O-])c1. The third kappa shape index (κ3) is 2.98. The molecule has 0 fully saturated rings. The van der Waals surface area contributed by atoms with E-state index in [0.717, 1.165) is 5.56 Å². The van der Waals surface area contributed by atoms with Crippen molar-refractivity contribution in [2.24, 2.45) is 11.5 Å². The molecule has 6 heteroatoms. The van der Waals surface area contributed by atoms with Crippen LogP contribution in [0.15, 0.2) is 22.7 Å². The smallest absolute Gasteiger partial charge is 0.283 e. The molecule has 0 saturated heterocycles. The van der Waals surface area contributed by atoms with E-state index >= 15 is 0 Å². The number of nitrogens with two attached hydrogens (primary N) is 2. The second-order valence-corrected chi connectivity index (χ2v) is 4.01. The maximum absolute atomic E-state index is 10.7. The molecule has 4 N–H and O–H groups in total. The van der Waals surface area contributed by atoms with Gasteiger partial charge in [-0.25, -0.2) is 0 Å². The third-order valence-electron chi connectivity index (χ3n) is 2.07. The Morgan fingerprint density at radius 3 is 2.73 bits per heavy atom. The third-order valence-corrected chi connectivity index (χ3v) is 2.74. The van der Waals surface area contributed by atoms with E-state index in [9.17, 15) is 10.1 Å². The quantitative estimate of drug-likeness (QED) is 0.645. The standard InChI is InChI=1S/C9H12BrN3O2/c10-7-2-1-6(8(12)3-4-11)5-9(7)13(14)15/h1-2,5,8H,3-4,11-12H2/t8-/m1/s1. The lowest BCUT2D eigenvalue weighted by Gasteiger charge is -2.10. The summed E-state index contributed by atoms with van der Waals surface area (Å²) in [6, 6.07) is 4.62. The van der Waals surface area contributed by atoms with Crippen LogP contribution in [0.1, 0.15) is 18.0 Å². The fourth-order valence-corrected chi connectivity index (χ4v) is 1.64. The van der Waals surface area contributed by atoms with Gasteiger partial charge in [-0.3, -0.25) is 10.1 Å². The van der Waals surface area contributed by atoms with E-state index in [1.165, 1.54) is 6.07 Å². The van der Waals surface area contributed by atoms with Crippen molar-refractivity contribution >= 4 is 21.6 Å². The Labute approximate surface area is 95.7 Å². The first-order chi connectivity index (χ1) is 7.06. The van der Waals surface area contributed by atoms with Crippen LogP contribution in [0.2, 0.25) is 0 Å². The van der Waals surface area contributed by atoms with Crippen LogP contribution in [0.25, 0.3) is 0 Å². The first-order valence-corrected chi connectivity index (χ1v) is 5.25. The molecule has 1 atom stereocenters. The summed E-state index contributed by atoms with van der Waals surface area (Å²) >= 11 is 3.11. The summed E-state index contributed by atoms with van der Waals surface area (Å²) in [5.74, 6) is 0. The molecule has 0 spiro atoms. The molecular weight excluding hydrogens is 262 g/mol. The van der Waals surface area contributed by atoms with Crippen molar-refractivity contribution in [3.8, 4) is 0 Å². The van der Waals surface area contributed by atoms with Crippen LogP contribution in [-0.2, 0) is 0 Å². The van der Waals surface area contributed by atoms with E-state index in [1.54, 1.807) is 12.1 Å². The molecule has 5 nitrogen and oxygen atoms in total. The van der Waals surface area contributed by atoms with E-state index in [4.69, 9.17) is 11.5 Å². The van der Waals surface area contributed by atoms with Crippen molar-refractivity contribution in [1.82, 2.24) is 0 Å². The average molecular weight is 274 g/mol. The number of halogens is 1. The Kier molecular flexibility index (Phi) is 4.19. The van der Waals surface area contributed by atoms with Gasteiger partial charge in [0.1, 0.15) is 0 Å². The number of hydrogen-bond acceptors (Lipinski definition) is 4. The summed E-state index contributed by atoms with van der Waals surface area (Å²) < 4.78 is 0.455. The molecule has 0 aliphatic carbocycles. The Bertz CT molecular complexity index is 370. The number of benzene rings is 1. The second-order valence-electron chi connectivity index (χ2n) is 3.15. The van der Waals surface area contributed by atoms with E-state index < -0.39 is 4.92 Å². The van der Waals surface area contributed by atoms with Crippen LogP contribution in [0.4, 0.5) is 5.69 Å². The molecule has 82 valence electrons. The van der Waals surface area contributed by atoms with E-state index in [2.05, 4.69) is 15.9 Å². The van der Waals surface area contributed by atoms with Crippen LogP contribution in [0.5, 0.6) is 0 Å².